The Morgan fingerprint density at radius 2 is 2.08 bits per heavy atom. The standard InChI is InChI=1S/C4H3ClN2O3S2/c5-12(9,10)2-1-6-4(11)7-3(2)8/h1H,(H2,6,7,8,11). The molecule has 0 aliphatic heterocycles. The molecule has 0 aromatic carbocycles. The van der Waals surface area contributed by atoms with Crippen molar-refractivity contribution in [1.29, 1.82) is 0 Å². The molecule has 5 nitrogen and oxygen atoms in total. The van der Waals surface area contributed by atoms with Gasteiger partial charge in [0, 0.05) is 16.9 Å². The summed E-state index contributed by atoms with van der Waals surface area (Å²) >= 11 is 4.53. The average Bonchev–Trinajstić information content (AvgIpc) is 1.83. The van der Waals surface area contributed by atoms with Crippen LogP contribution in [0.1, 0.15) is 0 Å². The van der Waals surface area contributed by atoms with Gasteiger partial charge in [-0.25, -0.2) is 8.42 Å². The first kappa shape index (κ1) is 9.43. The van der Waals surface area contributed by atoms with Crippen molar-refractivity contribution in [1.82, 2.24) is 9.97 Å². The normalized spacial score (nSPS) is 11.4. The van der Waals surface area contributed by atoms with Crippen molar-refractivity contribution in [3.8, 4) is 0 Å². The summed E-state index contributed by atoms with van der Waals surface area (Å²) in [6.07, 6.45) is 0.948. The molecule has 0 aliphatic carbocycles. The summed E-state index contributed by atoms with van der Waals surface area (Å²) in [5, 5.41) is 0. The van der Waals surface area contributed by atoms with Gasteiger partial charge in [0.15, 0.2) is 9.67 Å². The maximum atomic E-state index is 10.9. The van der Waals surface area contributed by atoms with Crippen LogP contribution in [0.2, 0.25) is 0 Å². The molecular weight excluding hydrogens is 224 g/mol. The Labute approximate surface area is 76.8 Å². The van der Waals surface area contributed by atoms with Crippen molar-refractivity contribution < 1.29 is 8.42 Å². The van der Waals surface area contributed by atoms with Crippen molar-refractivity contribution >= 4 is 32.0 Å². The van der Waals surface area contributed by atoms with Crippen LogP contribution < -0.4 is 5.56 Å². The van der Waals surface area contributed by atoms with Crippen LogP contribution in [0.15, 0.2) is 15.9 Å². The summed E-state index contributed by atoms with van der Waals surface area (Å²) in [7, 11) is 0.915. The lowest BCUT2D eigenvalue weighted by molar-refractivity contribution is 0.607. The van der Waals surface area contributed by atoms with Gasteiger partial charge in [-0.1, -0.05) is 0 Å². The van der Waals surface area contributed by atoms with E-state index in [2.05, 4.69) is 22.2 Å². The first-order valence-electron chi connectivity index (χ1n) is 2.68. The Balaban J connectivity index is 3.61. The molecule has 1 aromatic rings. The van der Waals surface area contributed by atoms with Gasteiger partial charge in [0.1, 0.15) is 0 Å². The maximum absolute atomic E-state index is 10.9. The fraction of sp³-hybridized carbons (Fsp3) is 0. The number of halogens is 1. The number of H-pyrrole nitrogens is 2. The van der Waals surface area contributed by atoms with E-state index >= 15 is 0 Å². The second-order valence-electron chi connectivity index (χ2n) is 1.87. The highest BCUT2D eigenvalue weighted by Crippen LogP contribution is 2.06. The van der Waals surface area contributed by atoms with Gasteiger partial charge in [-0.15, -0.1) is 0 Å². The van der Waals surface area contributed by atoms with E-state index in [-0.39, 0.29) is 4.77 Å². The minimum Gasteiger partial charge on any atom is -0.337 e. The lowest BCUT2D eigenvalue weighted by Gasteiger charge is -1.92. The molecule has 0 atom stereocenters. The Bertz CT molecular complexity index is 500. The van der Waals surface area contributed by atoms with Crippen LogP contribution in [-0.2, 0) is 9.05 Å². The van der Waals surface area contributed by atoms with Gasteiger partial charge in [0.05, 0.1) is 0 Å². The largest absolute Gasteiger partial charge is 0.337 e. The first-order valence-corrected chi connectivity index (χ1v) is 5.39. The van der Waals surface area contributed by atoms with Gasteiger partial charge < -0.3 is 4.98 Å². The van der Waals surface area contributed by atoms with E-state index in [1.165, 1.54) is 0 Å². The number of hydrogen-bond donors (Lipinski definition) is 2. The highest BCUT2D eigenvalue weighted by atomic mass is 35.7. The molecule has 0 spiro atoms. The van der Waals surface area contributed by atoms with E-state index in [1.807, 2.05) is 0 Å². The third-order valence-electron chi connectivity index (χ3n) is 1.05. The Morgan fingerprint density at radius 3 is 2.50 bits per heavy atom. The highest BCUT2D eigenvalue weighted by Gasteiger charge is 2.13. The molecule has 0 aliphatic rings. The fourth-order valence-electron chi connectivity index (χ4n) is 0.579. The minimum atomic E-state index is -4.00. The summed E-state index contributed by atoms with van der Waals surface area (Å²) < 4.78 is 21.4. The predicted octanol–water partition coefficient (Wildman–Crippen LogP) is 0.360. The second-order valence-corrected chi connectivity index (χ2v) is 4.82. The lowest BCUT2D eigenvalue weighted by atomic mass is 10.7. The molecule has 12 heavy (non-hydrogen) atoms. The summed E-state index contributed by atoms with van der Waals surface area (Å²) in [5.74, 6) is 0. The third kappa shape index (κ3) is 1.93. The fourth-order valence-corrected chi connectivity index (χ4v) is 1.55. The Morgan fingerprint density at radius 1 is 1.50 bits per heavy atom. The number of aromatic nitrogens is 2. The summed E-state index contributed by atoms with van der Waals surface area (Å²) in [4.78, 5) is 14.8. The molecular formula is C4H3ClN2O3S2. The van der Waals surface area contributed by atoms with Crippen molar-refractivity contribution in [3.05, 3.63) is 21.3 Å². The van der Waals surface area contributed by atoms with Crippen LogP contribution in [0, 0.1) is 4.77 Å². The molecule has 1 heterocycles. The third-order valence-corrected chi connectivity index (χ3v) is 2.60. The first-order chi connectivity index (χ1) is 5.41. The zero-order valence-corrected chi connectivity index (χ0v) is 7.89. The molecule has 0 fully saturated rings. The van der Waals surface area contributed by atoms with Crippen molar-refractivity contribution in [2.24, 2.45) is 0 Å². The van der Waals surface area contributed by atoms with Gasteiger partial charge >= 0.3 is 0 Å². The summed E-state index contributed by atoms with van der Waals surface area (Å²) in [6.45, 7) is 0. The van der Waals surface area contributed by atoms with E-state index in [1.54, 1.807) is 0 Å². The van der Waals surface area contributed by atoms with Crippen molar-refractivity contribution in [2.75, 3.05) is 0 Å². The average molecular weight is 227 g/mol. The monoisotopic (exact) mass is 226 g/mol. The van der Waals surface area contributed by atoms with Crippen LogP contribution in [0.3, 0.4) is 0 Å². The van der Waals surface area contributed by atoms with Crippen molar-refractivity contribution in [3.63, 3.8) is 0 Å². The topological polar surface area (TPSA) is 82.8 Å². The molecule has 0 bridgehead atoms. The van der Waals surface area contributed by atoms with Gasteiger partial charge in [-0.05, 0) is 12.2 Å². The van der Waals surface area contributed by atoms with E-state index in [0.717, 1.165) is 6.20 Å². The summed E-state index contributed by atoms with van der Waals surface area (Å²) in [5.41, 5.74) is -0.825. The molecule has 0 saturated heterocycles. The lowest BCUT2D eigenvalue weighted by Crippen LogP contribution is -2.14. The Kier molecular flexibility index (Phi) is 2.36. The summed E-state index contributed by atoms with van der Waals surface area (Å²) in [6, 6.07) is 0. The van der Waals surface area contributed by atoms with Crippen molar-refractivity contribution in [2.45, 2.75) is 4.90 Å². The molecule has 0 saturated carbocycles. The molecule has 1 aromatic heterocycles. The molecule has 8 heteroatoms. The van der Waals surface area contributed by atoms with Crippen LogP contribution in [-0.4, -0.2) is 18.4 Å². The molecule has 0 amide bonds. The molecule has 0 radical (unpaired) electrons. The van der Waals surface area contributed by atoms with Crippen LogP contribution in [0.25, 0.3) is 0 Å². The van der Waals surface area contributed by atoms with Gasteiger partial charge in [-0.3, -0.25) is 9.78 Å². The van der Waals surface area contributed by atoms with E-state index in [9.17, 15) is 13.2 Å². The number of rotatable bonds is 1. The van der Waals surface area contributed by atoms with Crippen LogP contribution in [0.4, 0.5) is 0 Å². The molecule has 66 valence electrons. The second kappa shape index (κ2) is 3.00. The molecule has 0 unspecified atom stereocenters. The smallest absolute Gasteiger partial charge is 0.271 e. The predicted molar refractivity (Wildman–Crippen MR) is 45.3 cm³/mol. The Hall–Kier alpha value is -0.660. The quantitative estimate of drug-likeness (QED) is 0.535. The zero-order chi connectivity index (χ0) is 9.35. The zero-order valence-electron chi connectivity index (χ0n) is 5.50. The van der Waals surface area contributed by atoms with Gasteiger partial charge in [0.25, 0.3) is 14.6 Å². The van der Waals surface area contributed by atoms with E-state index in [4.69, 9.17) is 10.7 Å². The maximum Gasteiger partial charge on any atom is 0.271 e. The van der Waals surface area contributed by atoms with Gasteiger partial charge in [-0.2, -0.15) is 0 Å². The SMILES string of the molecule is O=c1[nH]c(=S)[nH]cc1S(=O)(=O)Cl. The van der Waals surface area contributed by atoms with Crippen LogP contribution >= 0.6 is 22.9 Å². The number of hydrogen-bond acceptors (Lipinski definition) is 4. The highest BCUT2D eigenvalue weighted by molar-refractivity contribution is 8.13. The minimum absolute atomic E-state index is 0.0454. The van der Waals surface area contributed by atoms with Crippen LogP contribution in [0.5, 0.6) is 0 Å². The molecule has 2 N–H and O–H groups in total. The van der Waals surface area contributed by atoms with E-state index in [0.29, 0.717) is 0 Å². The van der Waals surface area contributed by atoms with E-state index < -0.39 is 19.5 Å². The number of aromatic amines is 2. The molecule has 1 rings (SSSR count). The van der Waals surface area contributed by atoms with Gasteiger partial charge in [0.2, 0.25) is 0 Å². The number of nitrogens with one attached hydrogen (secondary N) is 2.